The molecule has 1 aromatic carbocycles. The predicted molar refractivity (Wildman–Crippen MR) is 80.4 cm³/mol. The molecule has 0 amide bonds. The Morgan fingerprint density at radius 2 is 2.11 bits per heavy atom. The maximum Gasteiger partial charge on any atom is 0.0743 e. The quantitative estimate of drug-likeness (QED) is 0.879. The number of halogens is 1. The van der Waals surface area contributed by atoms with Crippen molar-refractivity contribution in [3.05, 3.63) is 39.6 Å². The van der Waals surface area contributed by atoms with Crippen LogP contribution in [0, 0.1) is 13.8 Å². The van der Waals surface area contributed by atoms with Crippen molar-refractivity contribution in [1.82, 2.24) is 9.78 Å². The maximum absolute atomic E-state index is 5.89. The Morgan fingerprint density at radius 1 is 1.39 bits per heavy atom. The van der Waals surface area contributed by atoms with Crippen LogP contribution in [0.5, 0.6) is 0 Å². The largest absolute Gasteiger partial charge is 0.326 e. The molecule has 0 unspecified atom stereocenters. The first-order chi connectivity index (χ1) is 8.60. The molecule has 0 aliphatic rings. The zero-order chi connectivity index (χ0) is 13.3. The molecule has 1 heterocycles. The number of hydrogen-bond acceptors (Lipinski definition) is 3. The van der Waals surface area contributed by atoms with Gasteiger partial charge in [-0.2, -0.15) is 5.10 Å². The Hall–Kier alpha value is -0.780. The molecule has 0 saturated carbocycles. The fraction of sp³-hybridized carbons (Fsp3) is 0.308. The minimum Gasteiger partial charge on any atom is -0.326 e. The minimum absolute atomic E-state index is 0.516. The molecule has 0 aliphatic heterocycles. The lowest BCUT2D eigenvalue weighted by molar-refractivity contribution is 0.810. The third-order valence-electron chi connectivity index (χ3n) is 2.96. The molecule has 0 saturated heterocycles. The summed E-state index contributed by atoms with van der Waals surface area (Å²) in [6.45, 7) is 4.56. The number of hydrogen-bond donors (Lipinski definition) is 1. The highest BCUT2D eigenvalue weighted by Gasteiger charge is 2.14. The summed E-state index contributed by atoms with van der Waals surface area (Å²) in [5.41, 5.74) is 10.2. The van der Waals surface area contributed by atoms with E-state index >= 15 is 0 Å². The van der Waals surface area contributed by atoms with E-state index in [9.17, 15) is 0 Å². The molecule has 0 bridgehead atoms. The molecule has 1 aromatic heterocycles. The highest BCUT2D eigenvalue weighted by molar-refractivity contribution is 9.10. The van der Waals surface area contributed by atoms with Crippen LogP contribution in [0.15, 0.2) is 27.6 Å². The van der Waals surface area contributed by atoms with Gasteiger partial charge in [0.25, 0.3) is 0 Å². The van der Waals surface area contributed by atoms with Gasteiger partial charge < -0.3 is 5.73 Å². The van der Waals surface area contributed by atoms with Crippen molar-refractivity contribution in [3.8, 4) is 5.69 Å². The van der Waals surface area contributed by atoms with Gasteiger partial charge in [-0.1, -0.05) is 6.07 Å². The Morgan fingerprint density at radius 3 is 2.61 bits per heavy atom. The van der Waals surface area contributed by atoms with Gasteiger partial charge in [-0.15, -0.1) is 11.8 Å². The first kappa shape index (κ1) is 13.6. The summed E-state index contributed by atoms with van der Waals surface area (Å²) in [6, 6.07) is 6.20. The number of aromatic nitrogens is 2. The Balaban J connectivity index is 2.67. The maximum atomic E-state index is 5.89. The molecule has 2 N–H and O–H groups in total. The van der Waals surface area contributed by atoms with Crippen molar-refractivity contribution in [2.45, 2.75) is 25.3 Å². The molecule has 96 valence electrons. The van der Waals surface area contributed by atoms with Crippen LogP contribution in [0.3, 0.4) is 0 Å². The predicted octanol–water partition coefficient (Wildman–Crippen LogP) is 3.43. The molecule has 5 heteroatoms. The molecule has 0 fully saturated rings. The Kier molecular flexibility index (Phi) is 4.14. The van der Waals surface area contributed by atoms with E-state index in [0.29, 0.717) is 6.54 Å². The number of thioether (sulfide) groups is 1. The summed E-state index contributed by atoms with van der Waals surface area (Å²) in [6.07, 6.45) is 2.06. The van der Waals surface area contributed by atoms with Crippen LogP contribution in [0.4, 0.5) is 0 Å². The summed E-state index contributed by atoms with van der Waals surface area (Å²) >= 11 is 5.27. The fourth-order valence-electron chi connectivity index (χ4n) is 2.01. The summed E-state index contributed by atoms with van der Waals surface area (Å²) in [5.74, 6) is 0. The van der Waals surface area contributed by atoms with Crippen LogP contribution in [0.25, 0.3) is 5.69 Å². The van der Waals surface area contributed by atoms with Crippen molar-refractivity contribution < 1.29 is 0 Å². The van der Waals surface area contributed by atoms with E-state index in [4.69, 9.17) is 5.73 Å². The zero-order valence-corrected chi connectivity index (χ0v) is 13.1. The number of rotatable bonds is 3. The number of benzene rings is 1. The average Bonchev–Trinajstić information content (AvgIpc) is 2.65. The Bertz CT molecular complexity index is 578. The van der Waals surface area contributed by atoms with Crippen molar-refractivity contribution >= 4 is 27.7 Å². The SMILES string of the molecule is CSc1cccc(-n2nc(C)c(Br)c2C)c1CN. The molecule has 2 aromatic rings. The van der Waals surface area contributed by atoms with Crippen molar-refractivity contribution in [3.63, 3.8) is 0 Å². The van der Waals surface area contributed by atoms with E-state index in [1.54, 1.807) is 11.8 Å². The zero-order valence-electron chi connectivity index (χ0n) is 10.7. The van der Waals surface area contributed by atoms with Gasteiger partial charge in [-0.3, -0.25) is 0 Å². The van der Waals surface area contributed by atoms with Crippen molar-refractivity contribution in [2.24, 2.45) is 5.73 Å². The van der Waals surface area contributed by atoms with E-state index in [-0.39, 0.29) is 0 Å². The molecule has 0 radical (unpaired) electrons. The molecular weight excluding hydrogens is 310 g/mol. The molecule has 0 atom stereocenters. The van der Waals surface area contributed by atoms with Crippen LogP contribution in [-0.2, 0) is 6.54 Å². The fourth-order valence-corrected chi connectivity index (χ4v) is 2.90. The van der Waals surface area contributed by atoms with Crippen molar-refractivity contribution in [2.75, 3.05) is 6.26 Å². The molecule has 0 spiro atoms. The Labute approximate surface area is 120 Å². The van der Waals surface area contributed by atoms with Gasteiger partial charge in [0.05, 0.1) is 21.5 Å². The lowest BCUT2D eigenvalue weighted by Gasteiger charge is -2.13. The summed E-state index contributed by atoms with van der Waals surface area (Å²) in [7, 11) is 0. The molecule has 3 nitrogen and oxygen atoms in total. The highest BCUT2D eigenvalue weighted by atomic mass is 79.9. The first-order valence-corrected chi connectivity index (χ1v) is 7.70. The van der Waals surface area contributed by atoms with E-state index in [2.05, 4.69) is 46.3 Å². The lowest BCUT2D eigenvalue weighted by atomic mass is 10.1. The second-order valence-corrected chi connectivity index (χ2v) is 5.70. The van der Waals surface area contributed by atoms with E-state index in [1.165, 1.54) is 4.90 Å². The molecule has 0 aliphatic carbocycles. The van der Waals surface area contributed by atoms with Crippen LogP contribution >= 0.6 is 27.7 Å². The van der Waals surface area contributed by atoms with Gasteiger partial charge >= 0.3 is 0 Å². The highest BCUT2D eigenvalue weighted by Crippen LogP contribution is 2.29. The first-order valence-electron chi connectivity index (χ1n) is 5.68. The van der Waals surface area contributed by atoms with Crippen LogP contribution in [-0.4, -0.2) is 16.0 Å². The smallest absolute Gasteiger partial charge is 0.0743 e. The summed E-state index contributed by atoms with van der Waals surface area (Å²) in [5, 5.41) is 4.57. The van der Waals surface area contributed by atoms with E-state index in [1.807, 2.05) is 17.7 Å². The monoisotopic (exact) mass is 325 g/mol. The number of nitrogens with zero attached hydrogens (tertiary/aromatic N) is 2. The third-order valence-corrected chi connectivity index (χ3v) is 4.93. The van der Waals surface area contributed by atoms with Crippen LogP contribution < -0.4 is 5.73 Å². The minimum atomic E-state index is 0.516. The van der Waals surface area contributed by atoms with E-state index in [0.717, 1.165) is 27.1 Å². The molecule has 18 heavy (non-hydrogen) atoms. The number of aryl methyl sites for hydroxylation is 1. The number of nitrogens with two attached hydrogens (primary N) is 1. The van der Waals surface area contributed by atoms with Gasteiger partial charge in [-0.25, -0.2) is 4.68 Å². The van der Waals surface area contributed by atoms with Gasteiger partial charge in [0.15, 0.2) is 0 Å². The van der Waals surface area contributed by atoms with Crippen molar-refractivity contribution in [1.29, 1.82) is 0 Å². The van der Waals surface area contributed by atoms with Gasteiger partial charge in [-0.05, 0) is 48.2 Å². The van der Waals surface area contributed by atoms with Crippen LogP contribution in [0.2, 0.25) is 0 Å². The standard InChI is InChI=1S/C13H16BrN3S/c1-8-13(14)9(2)17(16-8)11-5-4-6-12(18-3)10(11)7-15/h4-6H,7,15H2,1-3H3. The normalized spacial score (nSPS) is 10.9. The van der Waals surface area contributed by atoms with Gasteiger partial charge in [0, 0.05) is 17.0 Å². The van der Waals surface area contributed by atoms with Gasteiger partial charge in [0.2, 0.25) is 0 Å². The van der Waals surface area contributed by atoms with E-state index < -0.39 is 0 Å². The second kappa shape index (κ2) is 5.47. The summed E-state index contributed by atoms with van der Waals surface area (Å²) in [4.78, 5) is 1.21. The summed E-state index contributed by atoms with van der Waals surface area (Å²) < 4.78 is 3.02. The third kappa shape index (κ3) is 2.22. The lowest BCUT2D eigenvalue weighted by Crippen LogP contribution is -2.08. The topological polar surface area (TPSA) is 43.8 Å². The second-order valence-electron chi connectivity index (χ2n) is 4.06. The van der Waals surface area contributed by atoms with Gasteiger partial charge in [0.1, 0.15) is 0 Å². The average molecular weight is 326 g/mol. The molecular formula is C13H16BrN3S. The van der Waals surface area contributed by atoms with Crippen LogP contribution in [0.1, 0.15) is 17.0 Å². The molecule has 2 rings (SSSR count).